The fourth-order valence-electron chi connectivity index (χ4n) is 3.45. The normalized spacial score (nSPS) is 17.8. The highest BCUT2D eigenvalue weighted by Crippen LogP contribution is 2.25. The van der Waals surface area contributed by atoms with Crippen LogP contribution < -0.4 is 20.0 Å². The van der Waals surface area contributed by atoms with Crippen LogP contribution in [0.25, 0.3) is 0 Å². The van der Waals surface area contributed by atoms with Crippen molar-refractivity contribution in [3.8, 4) is 5.75 Å². The lowest BCUT2D eigenvalue weighted by Crippen LogP contribution is -2.46. The summed E-state index contributed by atoms with van der Waals surface area (Å²) in [5, 5.41) is 12.2. The second-order valence-electron chi connectivity index (χ2n) is 6.39. The van der Waals surface area contributed by atoms with E-state index in [1.54, 1.807) is 17.0 Å². The zero-order valence-electron chi connectivity index (χ0n) is 14.1. The van der Waals surface area contributed by atoms with Crippen molar-refractivity contribution in [2.45, 2.75) is 0 Å². The summed E-state index contributed by atoms with van der Waals surface area (Å²) >= 11 is 0. The van der Waals surface area contributed by atoms with Crippen LogP contribution in [0.3, 0.4) is 0 Å². The number of piperazine rings is 1. The summed E-state index contributed by atoms with van der Waals surface area (Å²) in [6, 6.07) is 15.6. The first kappa shape index (κ1) is 15.6. The fraction of sp³-hybridized carbons (Fsp3) is 0.316. The molecule has 2 aromatic carbocycles. The first-order valence-electron chi connectivity index (χ1n) is 8.65. The van der Waals surface area contributed by atoms with Crippen LogP contribution in [0.4, 0.5) is 21.9 Å². The van der Waals surface area contributed by atoms with E-state index in [4.69, 9.17) is 0 Å². The first-order chi connectivity index (χ1) is 12.2. The number of aromatic hydroxyl groups is 1. The molecule has 2 saturated heterocycles. The Bertz CT molecular complexity index is 737. The second-order valence-corrected chi connectivity index (χ2v) is 6.39. The summed E-state index contributed by atoms with van der Waals surface area (Å²) in [7, 11) is 0. The largest absolute Gasteiger partial charge is 0.508 e. The number of anilines is 3. The highest BCUT2D eigenvalue weighted by molar-refractivity contribution is 5.94. The summed E-state index contributed by atoms with van der Waals surface area (Å²) in [6.07, 6.45) is 0. The molecule has 2 fully saturated rings. The molecule has 0 radical (unpaired) electrons. The van der Waals surface area contributed by atoms with Gasteiger partial charge in [-0.2, -0.15) is 0 Å². The van der Waals surface area contributed by atoms with Gasteiger partial charge in [-0.3, -0.25) is 4.90 Å². The molecule has 2 aliphatic heterocycles. The number of rotatable bonds is 3. The Labute approximate surface area is 147 Å². The smallest absolute Gasteiger partial charge is 0.321 e. The molecule has 4 rings (SSSR count). The van der Waals surface area contributed by atoms with Crippen LogP contribution >= 0.6 is 0 Å². The lowest BCUT2D eigenvalue weighted by Gasteiger charge is -2.37. The standard InChI is InChI=1S/C19H22N4O2/c24-18-7-5-16(6-8-18)22-13-11-21(12-14-22)15-1-3-17(4-2-15)23-10-9-20-19(23)25/h1-8,24H,9-14H2,(H,20,25). The number of phenolic OH excluding ortho intramolecular Hbond substituents is 1. The molecule has 0 aliphatic carbocycles. The van der Waals surface area contributed by atoms with Gasteiger partial charge in [0.05, 0.1) is 0 Å². The molecule has 2 aromatic rings. The van der Waals surface area contributed by atoms with Gasteiger partial charge in [0.2, 0.25) is 0 Å². The van der Waals surface area contributed by atoms with Gasteiger partial charge in [0.25, 0.3) is 0 Å². The minimum Gasteiger partial charge on any atom is -0.508 e. The summed E-state index contributed by atoms with van der Waals surface area (Å²) in [5.41, 5.74) is 3.28. The zero-order chi connectivity index (χ0) is 17.2. The van der Waals surface area contributed by atoms with E-state index in [1.807, 2.05) is 24.3 Å². The monoisotopic (exact) mass is 338 g/mol. The first-order valence-corrected chi connectivity index (χ1v) is 8.65. The summed E-state index contributed by atoms with van der Waals surface area (Å²) in [4.78, 5) is 18.2. The van der Waals surface area contributed by atoms with Gasteiger partial charge in [-0.05, 0) is 48.5 Å². The van der Waals surface area contributed by atoms with E-state index in [0.29, 0.717) is 12.3 Å². The van der Waals surface area contributed by atoms with Gasteiger partial charge >= 0.3 is 6.03 Å². The molecule has 6 heteroatoms. The molecule has 2 amide bonds. The van der Waals surface area contributed by atoms with Gasteiger partial charge in [-0.25, -0.2) is 4.79 Å². The predicted octanol–water partition coefficient (Wildman–Crippen LogP) is 2.25. The molecule has 0 saturated carbocycles. The van der Waals surface area contributed by atoms with Crippen molar-refractivity contribution in [1.82, 2.24) is 5.32 Å². The molecular formula is C19H22N4O2. The van der Waals surface area contributed by atoms with Gasteiger partial charge in [-0.1, -0.05) is 0 Å². The lowest BCUT2D eigenvalue weighted by molar-refractivity contribution is 0.252. The SMILES string of the molecule is O=C1NCCN1c1ccc(N2CCN(c3ccc(O)cc3)CC2)cc1. The molecule has 25 heavy (non-hydrogen) atoms. The van der Waals surface area contributed by atoms with Gasteiger partial charge in [0.1, 0.15) is 5.75 Å². The van der Waals surface area contributed by atoms with Crippen LogP contribution in [0.15, 0.2) is 48.5 Å². The van der Waals surface area contributed by atoms with E-state index >= 15 is 0 Å². The Morgan fingerprint density at radius 2 is 1.20 bits per heavy atom. The number of phenols is 1. The number of hydrogen-bond acceptors (Lipinski definition) is 4. The van der Waals surface area contributed by atoms with Crippen molar-refractivity contribution in [3.05, 3.63) is 48.5 Å². The minimum absolute atomic E-state index is 0.0183. The zero-order valence-corrected chi connectivity index (χ0v) is 14.1. The fourth-order valence-corrected chi connectivity index (χ4v) is 3.45. The molecule has 0 unspecified atom stereocenters. The third-order valence-electron chi connectivity index (χ3n) is 4.88. The quantitative estimate of drug-likeness (QED) is 0.901. The third-order valence-corrected chi connectivity index (χ3v) is 4.88. The van der Waals surface area contributed by atoms with Gasteiger partial charge in [0, 0.05) is 56.3 Å². The van der Waals surface area contributed by atoms with E-state index in [2.05, 4.69) is 27.2 Å². The maximum absolute atomic E-state index is 11.7. The maximum atomic E-state index is 11.7. The summed E-state index contributed by atoms with van der Waals surface area (Å²) in [5.74, 6) is 0.300. The average Bonchev–Trinajstić information content (AvgIpc) is 3.09. The minimum atomic E-state index is -0.0183. The molecule has 2 heterocycles. The Kier molecular flexibility index (Phi) is 4.09. The molecular weight excluding hydrogens is 316 g/mol. The number of urea groups is 1. The van der Waals surface area contributed by atoms with Crippen LogP contribution in [-0.4, -0.2) is 50.4 Å². The molecule has 0 bridgehead atoms. The Morgan fingerprint density at radius 1 is 0.720 bits per heavy atom. The van der Waals surface area contributed by atoms with Crippen molar-refractivity contribution in [3.63, 3.8) is 0 Å². The van der Waals surface area contributed by atoms with Crippen molar-refractivity contribution in [2.75, 3.05) is 54.0 Å². The van der Waals surface area contributed by atoms with Gasteiger partial charge in [-0.15, -0.1) is 0 Å². The number of carbonyl (C=O) groups excluding carboxylic acids is 1. The summed E-state index contributed by atoms with van der Waals surface area (Å²) in [6.45, 7) is 5.22. The highest BCUT2D eigenvalue weighted by atomic mass is 16.3. The molecule has 6 nitrogen and oxygen atoms in total. The maximum Gasteiger partial charge on any atom is 0.321 e. The molecule has 0 spiro atoms. The van der Waals surface area contributed by atoms with Gasteiger partial charge < -0.3 is 20.2 Å². The van der Waals surface area contributed by atoms with Crippen molar-refractivity contribution in [1.29, 1.82) is 0 Å². The van der Waals surface area contributed by atoms with Crippen LogP contribution in [0.1, 0.15) is 0 Å². The highest BCUT2D eigenvalue weighted by Gasteiger charge is 2.22. The third kappa shape index (κ3) is 3.20. The Balaban J connectivity index is 1.39. The number of nitrogens with zero attached hydrogens (tertiary/aromatic N) is 3. The van der Waals surface area contributed by atoms with Crippen LogP contribution in [-0.2, 0) is 0 Å². The van der Waals surface area contributed by atoms with E-state index in [1.165, 1.54) is 5.69 Å². The molecule has 0 aromatic heterocycles. The average molecular weight is 338 g/mol. The van der Waals surface area contributed by atoms with E-state index in [9.17, 15) is 9.90 Å². The molecule has 0 atom stereocenters. The Hall–Kier alpha value is -2.89. The number of hydrogen-bond donors (Lipinski definition) is 2. The van der Waals surface area contributed by atoms with Crippen molar-refractivity contribution >= 4 is 23.1 Å². The number of nitrogens with one attached hydrogen (secondary N) is 1. The van der Waals surface area contributed by atoms with E-state index in [0.717, 1.165) is 44.1 Å². The molecule has 2 N–H and O–H groups in total. The molecule has 2 aliphatic rings. The van der Waals surface area contributed by atoms with Gasteiger partial charge in [0.15, 0.2) is 0 Å². The van der Waals surface area contributed by atoms with Crippen LogP contribution in [0.5, 0.6) is 5.75 Å². The van der Waals surface area contributed by atoms with Crippen molar-refractivity contribution < 1.29 is 9.90 Å². The molecule has 130 valence electrons. The number of amides is 2. The second kappa shape index (κ2) is 6.55. The summed E-state index contributed by atoms with van der Waals surface area (Å²) < 4.78 is 0. The topological polar surface area (TPSA) is 59.1 Å². The van der Waals surface area contributed by atoms with E-state index in [-0.39, 0.29) is 6.03 Å². The lowest BCUT2D eigenvalue weighted by atomic mass is 10.2. The van der Waals surface area contributed by atoms with Crippen LogP contribution in [0.2, 0.25) is 0 Å². The number of carbonyl (C=O) groups is 1. The number of benzene rings is 2. The van der Waals surface area contributed by atoms with Crippen LogP contribution in [0, 0.1) is 0 Å². The van der Waals surface area contributed by atoms with E-state index < -0.39 is 0 Å². The van der Waals surface area contributed by atoms with Crippen molar-refractivity contribution in [2.24, 2.45) is 0 Å². The predicted molar refractivity (Wildman–Crippen MR) is 99.7 cm³/mol. The Morgan fingerprint density at radius 3 is 1.68 bits per heavy atom.